The first-order valence-electron chi connectivity index (χ1n) is 5.43. The molecule has 0 spiro atoms. The molecular formula is C11H24N2. The Morgan fingerprint density at radius 2 is 2.08 bits per heavy atom. The Balaban J connectivity index is 2.21. The quantitative estimate of drug-likeness (QED) is 0.703. The summed E-state index contributed by atoms with van der Waals surface area (Å²) in [6.45, 7) is 14.1. The van der Waals surface area contributed by atoms with Crippen molar-refractivity contribution in [3.05, 3.63) is 0 Å². The third kappa shape index (κ3) is 4.63. The van der Waals surface area contributed by atoms with Gasteiger partial charge in [0.1, 0.15) is 0 Å². The second-order valence-electron chi connectivity index (χ2n) is 5.47. The summed E-state index contributed by atoms with van der Waals surface area (Å²) in [5.74, 6) is 0. The van der Waals surface area contributed by atoms with Gasteiger partial charge in [-0.1, -0.05) is 20.8 Å². The molecule has 0 bridgehead atoms. The minimum absolute atomic E-state index is 0.480. The van der Waals surface area contributed by atoms with E-state index < -0.39 is 0 Å². The van der Waals surface area contributed by atoms with E-state index in [1.807, 2.05) is 0 Å². The molecule has 13 heavy (non-hydrogen) atoms. The molecule has 2 heteroatoms. The summed E-state index contributed by atoms with van der Waals surface area (Å²) in [6.07, 6.45) is 1.31. The van der Waals surface area contributed by atoms with E-state index in [1.165, 1.54) is 26.1 Å². The van der Waals surface area contributed by atoms with Gasteiger partial charge in [-0.15, -0.1) is 0 Å². The summed E-state index contributed by atoms with van der Waals surface area (Å²) in [4.78, 5) is 2.58. The molecule has 1 atom stereocenters. The van der Waals surface area contributed by atoms with Gasteiger partial charge >= 0.3 is 0 Å². The van der Waals surface area contributed by atoms with Gasteiger partial charge in [0.05, 0.1) is 0 Å². The third-order valence-corrected chi connectivity index (χ3v) is 2.63. The van der Waals surface area contributed by atoms with Crippen LogP contribution < -0.4 is 5.32 Å². The van der Waals surface area contributed by atoms with Crippen LogP contribution in [-0.4, -0.2) is 37.1 Å². The van der Waals surface area contributed by atoms with E-state index >= 15 is 0 Å². The first-order valence-corrected chi connectivity index (χ1v) is 5.43. The topological polar surface area (TPSA) is 15.3 Å². The third-order valence-electron chi connectivity index (χ3n) is 2.63. The largest absolute Gasteiger partial charge is 0.312 e. The minimum Gasteiger partial charge on any atom is -0.312 e. The molecule has 0 aromatic carbocycles. The van der Waals surface area contributed by atoms with Crippen LogP contribution in [0.25, 0.3) is 0 Å². The summed E-state index contributed by atoms with van der Waals surface area (Å²) in [7, 11) is 0. The van der Waals surface area contributed by atoms with E-state index in [2.05, 4.69) is 37.9 Å². The van der Waals surface area contributed by atoms with Crippen LogP contribution in [0.15, 0.2) is 0 Å². The molecule has 1 fully saturated rings. The number of nitrogens with zero attached hydrogens (tertiary/aromatic N) is 1. The van der Waals surface area contributed by atoms with Gasteiger partial charge in [0.25, 0.3) is 0 Å². The van der Waals surface area contributed by atoms with Crippen molar-refractivity contribution in [2.24, 2.45) is 5.41 Å². The zero-order valence-electron chi connectivity index (χ0n) is 9.56. The van der Waals surface area contributed by atoms with Gasteiger partial charge in [-0.25, -0.2) is 0 Å². The molecule has 0 aliphatic carbocycles. The molecule has 78 valence electrons. The molecule has 1 N–H and O–H groups in total. The molecule has 0 amide bonds. The number of rotatable bonds is 2. The normalized spacial score (nSPS) is 26.3. The SMILES string of the molecule is CC1CN(CCC(C)(C)C)CCN1. The fourth-order valence-electron chi connectivity index (χ4n) is 1.71. The molecule has 1 saturated heterocycles. The molecule has 0 radical (unpaired) electrons. The van der Waals surface area contributed by atoms with E-state index in [-0.39, 0.29) is 0 Å². The van der Waals surface area contributed by atoms with Crippen LogP contribution >= 0.6 is 0 Å². The van der Waals surface area contributed by atoms with Crippen LogP contribution in [0.3, 0.4) is 0 Å². The lowest BCUT2D eigenvalue weighted by atomic mass is 9.92. The van der Waals surface area contributed by atoms with Crippen LogP contribution in [0.1, 0.15) is 34.1 Å². The summed E-state index contributed by atoms with van der Waals surface area (Å²) >= 11 is 0. The molecule has 1 unspecified atom stereocenters. The molecule has 1 aliphatic rings. The smallest absolute Gasteiger partial charge is 0.0167 e. The Bertz CT molecular complexity index is 149. The standard InChI is InChI=1S/C11H24N2/c1-10-9-13(8-6-12-10)7-5-11(2,3)4/h10,12H,5-9H2,1-4H3. The fraction of sp³-hybridized carbons (Fsp3) is 1.00. The molecule has 0 saturated carbocycles. The number of hydrogen-bond donors (Lipinski definition) is 1. The van der Waals surface area contributed by atoms with E-state index in [0.717, 1.165) is 6.54 Å². The highest BCUT2D eigenvalue weighted by molar-refractivity contribution is 4.76. The van der Waals surface area contributed by atoms with Gasteiger partial charge in [0.2, 0.25) is 0 Å². The molecule has 0 aromatic heterocycles. The van der Waals surface area contributed by atoms with Gasteiger partial charge in [-0.3, -0.25) is 0 Å². The van der Waals surface area contributed by atoms with Crippen LogP contribution in [0.2, 0.25) is 0 Å². The van der Waals surface area contributed by atoms with Gasteiger partial charge in [0, 0.05) is 25.7 Å². The van der Waals surface area contributed by atoms with Crippen molar-refractivity contribution in [3.63, 3.8) is 0 Å². The van der Waals surface area contributed by atoms with Crippen molar-refractivity contribution < 1.29 is 0 Å². The predicted octanol–water partition coefficient (Wildman–Crippen LogP) is 1.72. The summed E-state index contributed by atoms with van der Waals surface area (Å²) < 4.78 is 0. The Morgan fingerprint density at radius 3 is 2.62 bits per heavy atom. The first-order chi connectivity index (χ1) is 5.97. The summed E-state index contributed by atoms with van der Waals surface area (Å²) in [5, 5.41) is 3.47. The Kier molecular flexibility index (Phi) is 3.74. The average Bonchev–Trinajstić information content (AvgIpc) is 2.00. The lowest BCUT2D eigenvalue weighted by Gasteiger charge is -2.33. The van der Waals surface area contributed by atoms with E-state index in [1.54, 1.807) is 0 Å². The molecule has 0 aromatic rings. The van der Waals surface area contributed by atoms with Crippen molar-refractivity contribution in [2.75, 3.05) is 26.2 Å². The van der Waals surface area contributed by atoms with Gasteiger partial charge < -0.3 is 10.2 Å². The van der Waals surface area contributed by atoms with Crippen molar-refractivity contribution in [1.29, 1.82) is 0 Å². The highest BCUT2D eigenvalue weighted by Gasteiger charge is 2.17. The second kappa shape index (κ2) is 4.43. The number of nitrogens with one attached hydrogen (secondary N) is 1. The van der Waals surface area contributed by atoms with Crippen molar-refractivity contribution in [3.8, 4) is 0 Å². The average molecular weight is 184 g/mol. The van der Waals surface area contributed by atoms with Crippen molar-refractivity contribution >= 4 is 0 Å². The Morgan fingerprint density at radius 1 is 1.38 bits per heavy atom. The molecule has 2 nitrogen and oxygen atoms in total. The lowest BCUT2D eigenvalue weighted by Crippen LogP contribution is -2.49. The van der Waals surface area contributed by atoms with Gasteiger partial charge in [-0.2, -0.15) is 0 Å². The lowest BCUT2D eigenvalue weighted by molar-refractivity contribution is 0.181. The second-order valence-corrected chi connectivity index (χ2v) is 5.47. The maximum absolute atomic E-state index is 3.47. The van der Waals surface area contributed by atoms with E-state index in [0.29, 0.717) is 11.5 Å². The molecule has 1 rings (SSSR count). The maximum Gasteiger partial charge on any atom is 0.0167 e. The zero-order chi connectivity index (χ0) is 9.90. The van der Waals surface area contributed by atoms with Gasteiger partial charge in [0.15, 0.2) is 0 Å². The predicted molar refractivity (Wildman–Crippen MR) is 58.0 cm³/mol. The highest BCUT2D eigenvalue weighted by atomic mass is 15.2. The van der Waals surface area contributed by atoms with Crippen LogP contribution in [0, 0.1) is 5.41 Å². The Labute approximate surface area is 82.7 Å². The first kappa shape index (κ1) is 11.0. The molecule has 1 aliphatic heterocycles. The van der Waals surface area contributed by atoms with Crippen molar-refractivity contribution in [1.82, 2.24) is 10.2 Å². The number of piperazine rings is 1. The highest BCUT2D eigenvalue weighted by Crippen LogP contribution is 2.19. The summed E-state index contributed by atoms with van der Waals surface area (Å²) in [6, 6.07) is 0.675. The van der Waals surface area contributed by atoms with E-state index in [9.17, 15) is 0 Å². The monoisotopic (exact) mass is 184 g/mol. The molecular weight excluding hydrogens is 160 g/mol. The van der Waals surface area contributed by atoms with Gasteiger partial charge in [-0.05, 0) is 25.3 Å². The fourth-order valence-corrected chi connectivity index (χ4v) is 1.71. The minimum atomic E-state index is 0.480. The van der Waals surface area contributed by atoms with Crippen LogP contribution in [-0.2, 0) is 0 Å². The Hall–Kier alpha value is -0.0800. The molecule has 1 heterocycles. The maximum atomic E-state index is 3.47. The summed E-state index contributed by atoms with van der Waals surface area (Å²) in [5.41, 5.74) is 0.480. The zero-order valence-corrected chi connectivity index (χ0v) is 9.56. The van der Waals surface area contributed by atoms with Crippen LogP contribution in [0.5, 0.6) is 0 Å². The van der Waals surface area contributed by atoms with E-state index in [4.69, 9.17) is 0 Å². The number of hydrogen-bond acceptors (Lipinski definition) is 2. The van der Waals surface area contributed by atoms with Crippen LogP contribution in [0.4, 0.5) is 0 Å². The van der Waals surface area contributed by atoms with Crippen molar-refractivity contribution in [2.45, 2.75) is 40.2 Å².